The van der Waals surface area contributed by atoms with Gasteiger partial charge in [0.2, 0.25) is 5.91 Å². The van der Waals surface area contributed by atoms with Gasteiger partial charge in [-0.05, 0) is 48.9 Å². The highest BCUT2D eigenvalue weighted by Crippen LogP contribution is 2.18. The molecule has 2 amide bonds. The third kappa shape index (κ3) is 8.20. The molecule has 2 aromatic carbocycles. The largest absolute Gasteiger partial charge is 0.494 e. The Morgan fingerprint density at radius 2 is 1.80 bits per heavy atom. The van der Waals surface area contributed by atoms with Crippen LogP contribution in [0.3, 0.4) is 0 Å². The van der Waals surface area contributed by atoms with Crippen molar-refractivity contribution >= 4 is 39.4 Å². The fraction of sp³-hybridized carbons (Fsp3) is 0.286. The molecule has 2 aromatic rings. The van der Waals surface area contributed by atoms with Crippen LogP contribution in [0, 0.1) is 5.82 Å². The molecular weight excluding hydrogens is 459 g/mol. The molecule has 0 bridgehead atoms. The molecule has 0 aliphatic carbocycles. The number of nitrogens with zero attached hydrogens (tertiary/aromatic N) is 1. The normalized spacial score (nSPS) is 10.3. The zero-order valence-electron chi connectivity index (χ0n) is 16.2. The molecule has 0 unspecified atom stereocenters. The van der Waals surface area contributed by atoms with E-state index in [4.69, 9.17) is 15.2 Å². The molecule has 0 aromatic heterocycles. The van der Waals surface area contributed by atoms with Gasteiger partial charge < -0.3 is 20.1 Å². The van der Waals surface area contributed by atoms with Gasteiger partial charge in [0.25, 0.3) is 5.91 Å². The molecule has 30 heavy (non-hydrogen) atoms. The van der Waals surface area contributed by atoms with Crippen LogP contribution in [-0.4, -0.2) is 37.5 Å². The quantitative estimate of drug-likeness (QED) is 0.393. The van der Waals surface area contributed by atoms with Crippen molar-refractivity contribution in [3.05, 3.63) is 58.8 Å². The number of carbonyl (C=O) groups is 3. The number of hydrogen-bond donors (Lipinski definition) is 1. The summed E-state index contributed by atoms with van der Waals surface area (Å²) in [6, 6.07) is 12.5. The minimum Gasteiger partial charge on any atom is -0.494 e. The third-order valence-electron chi connectivity index (χ3n) is 3.97. The number of hydrogen-bond acceptors (Lipinski definition) is 5. The number of rotatable bonds is 11. The molecule has 0 saturated heterocycles. The molecule has 0 spiro atoms. The molecule has 2 rings (SSSR count). The summed E-state index contributed by atoms with van der Waals surface area (Å²) >= 11 is 3.35. The molecule has 160 valence electrons. The number of nitrogens with two attached hydrogens (primary N) is 1. The molecular formula is C21H22BrFN2O5. The first kappa shape index (κ1) is 23.3. The van der Waals surface area contributed by atoms with Crippen LogP contribution in [0.2, 0.25) is 0 Å². The van der Waals surface area contributed by atoms with Crippen LogP contribution in [0.1, 0.15) is 19.3 Å². The molecule has 9 heteroatoms. The maximum absolute atomic E-state index is 13.1. The van der Waals surface area contributed by atoms with E-state index in [2.05, 4.69) is 15.9 Å². The Morgan fingerprint density at radius 3 is 2.47 bits per heavy atom. The summed E-state index contributed by atoms with van der Waals surface area (Å²) in [6.45, 7) is -0.181. The summed E-state index contributed by atoms with van der Waals surface area (Å²) in [7, 11) is 0. The smallest absolute Gasteiger partial charge is 0.306 e. The Kier molecular flexibility index (Phi) is 9.27. The Morgan fingerprint density at radius 1 is 1.07 bits per heavy atom. The summed E-state index contributed by atoms with van der Waals surface area (Å²) in [4.78, 5) is 36.7. The van der Waals surface area contributed by atoms with E-state index in [9.17, 15) is 18.8 Å². The predicted molar refractivity (Wildman–Crippen MR) is 112 cm³/mol. The Hall–Kier alpha value is -2.94. The predicted octanol–water partition coefficient (Wildman–Crippen LogP) is 3.20. The molecule has 7 nitrogen and oxygen atoms in total. The first-order valence-corrected chi connectivity index (χ1v) is 10.0. The summed E-state index contributed by atoms with van der Waals surface area (Å²) in [5, 5.41) is 0. The van der Waals surface area contributed by atoms with Gasteiger partial charge in [-0.2, -0.15) is 0 Å². The van der Waals surface area contributed by atoms with Crippen molar-refractivity contribution in [1.29, 1.82) is 0 Å². The lowest BCUT2D eigenvalue weighted by atomic mass is 10.2. The fourth-order valence-corrected chi connectivity index (χ4v) is 2.87. The van der Waals surface area contributed by atoms with Crippen molar-refractivity contribution in [2.24, 2.45) is 5.73 Å². The molecule has 0 saturated carbocycles. The van der Waals surface area contributed by atoms with E-state index in [1.54, 1.807) is 6.07 Å². The monoisotopic (exact) mass is 480 g/mol. The summed E-state index contributed by atoms with van der Waals surface area (Å²) in [5.74, 6) is -1.45. The van der Waals surface area contributed by atoms with E-state index >= 15 is 0 Å². The van der Waals surface area contributed by atoms with Crippen molar-refractivity contribution in [2.45, 2.75) is 19.3 Å². The van der Waals surface area contributed by atoms with E-state index < -0.39 is 30.2 Å². The number of benzene rings is 2. The van der Waals surface area contributed by atoms with Crippen LogP contribution in [-0.2, 0) is 19.1 Å². The van der Waals surface area contributed by atoms with E-state index in [-0.39, 0.29) is 19.4 Å². The van der Waals surface area contributed by atoms with Gasteiger partial charge in [-0.25, -0.2) is 4.39 Å². The van der Waals surface area contributed by atoms with Crippen LogP contribution >= 0.6 is 15.9 Å². The Labute approximate surface area is 182 Å². The molecule has 0 aliphatic rings. The molecule has 0 radical (unpaired) electrons. The number of halogens is 2. The van der Waals surface area contributed by atoms with Gasteiger partial charge in [0.05, 0.1) is 6.61 Å². The minimum atomic E-state index is -0.586. The first-order valence-electron chi connectivity index (χ1n) is 9.23. The third-order valence-corrected chi connectivity index (χ3v) is 4.46. The average Bonchev–Trinajstić information content (AvgIpc) is 2.71. The minimum absolute atomic E-state index is 0.00216. The number of anilines is 1. The molecule has 2 N–H and O–H groups in total. The Bertz CT molecular complexity index is 876. The topological polar surface area (TPSA) is 98.9 Å². The van der Waals surface area contributed by atoms with E-state index in [0.29, 0.717) is 24.5 Å². The van der Waals surface area contributed by atoms with Gasteiger partial charge in [0.1, 0.15) is 11.6 Å². The second-order valence-corrected chi connectivity index (χ2v) is 7.22. The standard InChI is InChI=1S/C21H22BrFN2O5/c22-15-3-1-4-18(13-15)29-12-2-5-21(28)30-14-20(27)25(11-10-19(24)26)17-8-6-16(23)7-9-17/h1,3-4,6-9,13H,2,5,10-12,14H2,(H2,24,26). The second kappa shape index (κ2) is 11.9. The lowest BCUT2D eigenvalue weighted by molar-refractivity contribution is -0.148. The van der Waals surface area contributed by atoms with Gasteiger partial charge >= 0.3 is 5.97 Å². The first-order chi connectivity index (χ1) is 14.3. The van der Waals surface area contributed by atoms with E-state index in [1.807, 2.05) is 18.2 Å². The van der Waals surface area contributed by atoms with Gasteiger partial charge in [-0.15, -0.1) is 0 Å². The van der Waals surface area contributed by atoms with Crippen molar-refractivity contribution in [3.63, 3.8) is 0 Å². The molecule has 0 heterocycles. The van der Waals surface area contributed by atoms with Crippen LogP contribution in [0.5, 0.6) is 5.75 Å². The number of primary amides is 1. The van der Waals surface area contributed by atoms with Crippen LogP contribution in [0.25, 0.3) is 0 Å². The highest BCUT2D eigenvalue weighted by atomic mass is 79.9. The highest BCUT2D eigenvalue weighted by molar-refractivity contribution is 9.10. The number of amides is 2. The maximum Gasteiger partial charge on any atom is 0.306 e. The zero-order chi connectivity index (χ0) is 21.9. The fourth-order valence-electron chi connectivity index (χ4n) is 2.50. The summed E-state index contributed by atoms with van der Waals surface area (Å²) in [5.41, 5.74) is 5.52. The second-order valence-electron chi connectivity index (χ2n) is 6.31. The Balaban J connectivity index is 1.79. The van der Waals surface area contributed by atoms with Crippen LogP contribution in [0.15, 0.2) is 53.0 Å². The number of carbonyl (C=O) groups excluding carboxylic acids is 3. The number of esters is 1. The van der Waals surface area contributed by atoms with Crippen molar-refractivity contribution in [2.75, 3.05) is 24.7 Å². The lowest BCUT2D eigenvalue weighted by Gasteiger charge is -2.22. The van der Waals surface area contributed by atoms with E-state index in [0.717, 1.165) is 4.47 Å². The zero-order valence-corrected chi connectivity index (χ0v) is 17.8. The van der Waals surface area contributed by atoms with Crippen LogP contribution in [0.4, 0.5) is 10.1 Å². The average molecular weight is 481 g/mol. The maximum atomic E-state index is 13.1. The van der Waals surface area contributed by atoms with E-state index in [1.165, 1.54) is 29.2 Å². The molecule has 0 fully saturated rings. The number of ether oxygens (including phenoxy) is 2. The highest BCUT2D eigenvalue weighted by Gasteiger charge is 2.18. The summed E-state index contributed by atoms with van der Waals surface area (Å²) in [6.07, 6.45) is 0.423. The van der Waals surface area contributed by atoms with Crippen molar-refractivity contribution in [1.82, 2.24) is 0 Å². The van der Waals surface area contributed by atoms with Gasteiger partial charge in [-0.3, -0.25) is 14.4 Å². The van der Waals surface area contributed by atoms with Gasteiger partial charge in [0.15, 0.2) is 6.61 Å². The SMILES string of the molecule is NC(=O)CCN(C(=O)COC(=O)CCCOc1cccc(Br)c1)c1ccc(F)cc1. The summed E-state index contributed by atoms with van der Waals surface area (Å²) < 4.78 is 24.6. The van der Waals surface area contributed by atoms with Crippen molar-refractivity contribution < 1.29 is 28.2 Å². The molecule has 0 atom stereocenters. The van der Waals surface area contributed by atoms with Gasteiger partial charge in [-0.1, -0.05) is 22.0 Å². The van der Waals surface area contributed by atoms with Crippen molar-refractivity contribution in [3.8, 4) is 5.75 Å². The molecule has 0 aliphatic heterocycles. The lowest BCUT2D eigenvalue weighted by Crippen LogP contribution is -2.37. The van der Waals surface area contributed by atoms with Gasteiger partial charge in [0, 0.05) is 29.5 Å². The van der Waals surface area contributed by atoms with Crippen LogP contribution < -0.4 is 15.4 Å².